The smallest absolute Gasteiger partial charge is 0.193 e. The number of halogens is 1. The molecule has 0 aliphatic carbocycles. The van der Waals surface area contributed by atoms with Gasteiger partial charge in [-0.05, 0) is 42.8 Å². The highest BCUT2D eigenvalue weighted by Crippen LogP contribution is 2.28. The minimum atomic E-state index is 0.0203. The minimum absolute atomic E-state index is 0.0203. The predicted molar refractivity (Wildman–Crippen MR) is 111 cm³/mol. The van der Waals surface area contributed by atoms with Gasteiger partial charge < -0.3 is 0 Å². The fourth-order valence-electron chi connectivity index (χ4n) is 2.65. The lowest BCUT2D eigenvalue weighted by Crippen LogP contribution is -2.00. The zero-order chi connectivity index (χ0) is 19.1. The van der Waals surface area contributed by atoms with Gasteiger partial charge in [-0.15, -0.1) is 11.6 Å². The Morgan fingerprint density at radius 1 is 0.704 bits per heavy atom. The highest BCUT2D eigenvalue weighted by molar-refractivity contribution is 7.99. The Kier molecular flexibility index (Phi) is 6.86. The van der Waals surface area contributed by atoms with E-state index in [4.69, 9.17) is 11.6 Å². The second-order valence-electron chi connectivity index (χ2n) is 6.06. The number of hydrogen-bond acceptors (Lipinski definition) is 3. The van der Waals surface area contributed by atoms with Crippen LogP contribution in [0.2, 0.25) is 0 Å². The first-order valence-corrected chi connectivity index (χ1v) is 10.1. The molecule has 3 aromatic rings. The molecule has 0 aliphatic heterocycles. The summed E-state index contributed by atoms with van der Waals surface area (Å²) in [6.07, 6.45) is 1.18. The van der Waals surface area contributed by atoms with Gasteiger partial charge in [-0.2, -0.15) is 0 Å². The Morgan fingerprint density at radius 3 is 1.78 bits per heavy atom. The van der Waals surface area contributed by atoms with E-state index in [0.29, 0.717) is 35.4 Å². The maximum atomic E-state index is 12.4. The Balaban J connectivity index is 1.64. The number of hydrogen-bond donors (Lipinski definition) is 0. The van der Waals surface area contributed by atoms with Gasteiger partial charge in [0, 0.05) is 38.8 Å². The Hall–Kier alpha value is -2.36. The number of rotatable bonds is 8. The van der Waals surface area contributed by atoms with Crippen LogP contribution in [0, 0.1) is 0 Å². The van der Waals surface area contributed by atoms with Crippen LogP contribution in [0.15, 0.2) is 88.7 Å². The van der Waals surface area contributed by atoms with Crippen molar-refractivity contribution in [2.75, 3.05) is 5.88 Å². The van der Waals surface area contributed by atoms with Crippen molar-refractivity contribution in [2.24, 2.45) is 0 Å². The van der Waals surface area contributed by atoms with Crippen LogP contribution >= 0.6 is 23.4 Å². The standard InChI is InChI=1S/C23H19ClO2S/c24-16-4-7-22(25)17-8-12-20(13-9-17)27-21-14-10-19(11-15-21)23(26)18-5-2-1-3-6-18/h1-3,5-6,8-15H,4,7,16H2. The highest BCUT2D eigenvalue weighted by Gasteiger charge is 2.09. The largest absolute Gasteiger partial charge is 0.294 e. The Morgan fingerprint density at radius 2 is 1.22 bits per heavy atom. The van der Waals surface area contributed by atoms with Gasteiger partial charge in [-0.25, -0.2) is 0 Å². The fraction of sp³-hybridized carbons (Fsp3) is 0.130. The molecule has 0 N–H and O–H groups in total. The van der Waals surface area contributed by atoms with Crippen LogP contribution < -0.4 is 0 Å². The maximum Gasteiger partial charge on any atom is 0.193 e. The van der Waals surface area contributed by atoms with Gasteiger partial charge in [0.1, 0.15) is 0 Å². The van der Waals surface area contributed by atoms with Crippen LogP contribution in [-0.2, 0) is 0 Å². The van der Waals surface area contributed by atoms with Crippen LogP contribution in [0.5, 0.6) is 0 Å². The molecule has 0 atom stereocenters. The van der Waals surface area contributed by atoms with Crippen molar-refractivity contribution in [3.63, 3.8) is 0 Å². The normalized spacial score (nSPS) is 10.6. The SMILES string of the molecule is O=C(CCCCl)c1ccc(Sc2ccc(C(=O)c3ccccc3)cc2)cc1. The summed E-state index contributed by atoms with van der Waals surface area (Å²) in [5.74, 6) is 0.644. The Bertz CT molecular complexity index is 903. The van der Waals surface area contributed by atoms with E-state index in [2.05, 4.69) is 0 Å². The van der Waals surface area contributed by atoms with E-state index in [1.807, 2.05) is 78.9 Å². The molecule has 3 aromatic carbocycles. The second-order valence-corrected chi connectivity index (χ2v) is 7.59. The fourth-order valence-corrected chi connectivity index (χ4v) is 3.60. The number of ketones is 2. The molecule has 0 bridgehead atoms. The van der Waals surface area contributed by atoms with E-state index in [1.165, 1.54) is 0 Å². The molecule has 27 heavy (non-hydrogen) atoms. The number of carbonyl (C=O) groups is 2. The van der Waals surface area contributed by atoms with E-state index in [1.54, 1.807) is 11.8 Å². The quantitative estimate of drug-likeness (QED) is 0.333. The average molecular weight is 395 g/mol. The Labute approximate surface area is 168 Å². The molecule has 2 nitrogen and oxygen atoms in total. The average Bonchev–Trinajstić information content (AvgIpc) is 2.73. The monoisotopic (exact) mass is 394 g/mol. The van der Waals surface area contributed by atoms with Gasteiger partial charge in [-0.3, -0.25) is 9.59 Å². The van der Waals surface area contributed by atoms with Crippen LogP contribution in [-0.4, -0.2) is 17.4 Å². The van der Waals surface area contributed by atoms with Crippen LogP contribution in [0.4, 0.5) is 0 Å². The zero-order valence-corrected chi connectivity index (χ0v) is 16.3. The van der Waals surface area contributed by atoms with Gasteiger partial charge >= 0.3 is 0 Å². The summed E-state index contributed by atoms with van der Waals surface area (Å²) in [5, 5.41) is 0. The van der Waals surface area contributed by atoms with Gasteiger partial charge in [0.05, 0.1) is 0 Å². The number of benzene rings is 3. The molecule has 3 rings (SSSR count). The molecule has 0 fully saturated rings. The lowest BCUT2D eigenvalue weighted by Gasteiger charge is -2.05. The molecule has 0 aliphatic rings. The molecule has 0 aromatic heterocycles. The van der Waals surface area contributed by atoms with Crippen molar-refractivity contribution in [2.45, 2.75) is 22.6 Å². The third-order valence-corrected chi connectivity index (χ3v) is 5.38. The van der Waals surface area contributed by atoms with Crippen molar-refractivity contribution in [1.82, 2.24) is 0 Å². The van der Waals surface area contributed by atoms with Gasteiger partial charge in [-0.1, -0.05) is 54.2 Å². The third-order valence-electron chi connectivity index (χ3n) is 4.10. The molecule has 0 amide bonds. The molecule has 136 valence electrons. The molecule has 0 spiro atoms. The first-order valence-electron chi connectivity index (χ1n) is 8.74. The highest BCUT2D eigenvalue weighted by atomic mass is 35.5. The predicted octanol–water partition coefficient (Wildman–Crippen LogP) is 6.27. The summed E-state index contributed by atoms with van der Waals surface area (Å²) in [5.41, 5.74) is 2.08. The lowest BCUT2D eigenvalue weighted by molar-refractivity contribution is 0.0980. The molecule has 0 heterocycles. The summed E-state index contributed by atoms with van der Waals surface area (Å²) in [6.45, 7) is 0. The van der Waals surface area contributed by atoms with E-state index in [-0.39, 0.29) is 11.6 Å². The van der Waals surface area contributed by atoms with Crippen molar-refractivity contribution in [3.8, 4) is 0 Å². The minimum Gasteiger partial charge on any atom is -0.294 e. The maximum absolute atomic E-state index is 12.4. The van der Waals surface area contributed by atoms with E-state index in [0.717, 1.165) is 9.79 Å². The van der Waals surface area contributed by atoms with Gasteiger partial charge in [0.2, 0.25) is 0 Å². The van der Waals surface area contributed by atoms with E-state index in [9.17, 15) is 9.59 Å². The summed E-state index contributed by atoms with van der Waals surface area (Å²) in [4.78, 5) is 26.5. The van der Waals surface area contributed by atoms with Crippen LogP contribution in [0.25, 0.3) is 0 Å². The second kappa shape index (κ2) is 9.54. The van der Waals surface area contributed by atoms with Gasteiger partial charge in [0.15, 0.2) is 11.6 Å². The summed E-state index contributed by atoms with van der Waals surface area (Å²) < 4.78 is 0. The molecular formula is C23H19ClO2S. The first kappa shape index (κ1) is 19.4. The molecule has 0 radical (unpaired) electrons. The van der Waals surface area contributed by atoms with Crippen molar-refractivity contribution >= 4 is 34.9 Å². The van der Waals surface area contributed by atoms with Crippen LogP contribution in [0.3, 0.4) is 0 Å². The van der Waals surface area contributed by atoms with E-state index < -0.39 is 0 Å². The van der Waals surface area contributed by atoms with E-state index >= 15 is 0 Å². The summed E-state index contributed by atoms with van der Waals surface area (Å²) in [7, 11) is 0. The number of carbonyl (C=O) groups excluding carboxylic acids is 2. The zero-order valence-electron chi connectivity index (χ0n) is 14.7. The number of Topliss-reactive ketones (excluding diaryl/α,β-unsaturated/α-hetero) is 1. The van der Waals surface area contributed by atoms with Gasteiger partial charge in [0.25, 0.3) is 0 Å². The first-order chi connectivity index (χ1) is 13.2. The molecule has 0 saturated heterocycles. The summed E-state index contributed by atoms with van der Waals surface area (Å²) in [6, 6.07) is 24.4. The summed E-state index contributed by atoms with van der Waals surface area (Å²) >= 11 is 7.24. The van der Waals surface area contributed by atoms with Crippen molar-refractivity contribution < 1.29 is 9.59 Å². The van der Waals surface area contributed by atoms with Crippen molar-refractivity contribution in [3.05, 3.63) is 95.6 Å². The van der Waals surface area contributed by atoms with Crippen molar-refractivity contribution in [1.29, 1.82) is 0 Å². The molecule has 4 heteroatoms. The van der Waals surface area contributed by atoms with Crippen LogP contribution in [0.1, 0.15) is 39.1 Å². The molecule has 0 unspecified atom stereocenters. The molecule has 0 saturated carbocycles. The molecular weight excluding hydrogens is 376 g/mol. The topological polar surface area (TPSA) is 34.1 Å². The lowest BCUT2D eigenvalue weighted by atomic mass is 10.0. The number of alkyl halides is 1. The third kappa shape index (κ3) is 5.31.